The quantitative estimate of drug-likeness (QED) is 0.611. The summed E-state index contributed by atoms with van der Waals surface area (Å²) in [5, 5.41) is 0. The van der Waals surface area contributed by atoms with E-state index in [2.05, 4.69) is 46.2 Å². The van der Waals surface area contributed by atoms with Crippen molar-refractivity contribution in [2.24, 2.45) is 11.8 Å². The largest absolute Gasteiger partial charge is 0.379 e. The molecule has 0 rings (SSSR count). The van der Waals surface area contributed by atoms with Gasteiger partial charge < -0.3 is 4.90 Å². The SMILES string of the molecule is C=C(CC(C)C(C)C)N(C)CC. The molecule has 0 aliphatic rings. The van der Waals surface area contributed by atoms with Crippen molar-refractivity contribution >= 4 is 0 Å². The Morgan fingerprint density at radius 1 is 1.33 bits per heavy atom. The van der Waals surface area contributed by atoms with E-state index in [4.69, 9.17) is 0 Å². The topological polar surface area (TPSA) is 3.24 Å². The Hall–Kier alpha value is -0.460. The van der Waals surface area contributed by atoms with Crippen molar-refractivity contribution in [3.63, 3.8) is 0 Å². The lowest BCUT2D eigenvalue weighted by atomic mass is 9.93. The first kappa shape index (κ1) is 11.5. The van der Waals surface area contributed by atoms with E-state index in [9.17, 15) is 0 Å². The molecule has 0 aromatic heterocycles. The highest BCUT2D eigenvalue weighted by atomic mass is 15.1. The normalized spacial score (nSPS) is 13.2. The van der Waals surface area contributed by atoms with Gasteiger partial charge >= 0.3 is 0 Å². The number of hydrogen-bond acceptors (Lipinski definition) is 1. The minimum absolute atomic E-state index is 0.742. The van der Waals surface area contributed by atoms with E-state index in [1.165, 1.54) is 5.70 Å². The van der Waals surface area contributed by atoms with Gasteiger partial charge in [0, 0.05) is 19.3 Å². The second kappa shape index (κ2) is 5.23. The molecule has 0 amide bonds. The van der Waals surface area contributed by atoms with Crippen molar-refractivity contribution in [3.8, 4) is 0 Å². The summed E-state index contributed by atoms with van der Waals surface area (Å²) in [7, 11) is 2.11. The lowest BCUT2D eigenvalue weighted by Gasteiger charge is -2.24. The molecule has 0 aliphatic heterocycles. The summed E-state index contributed by atoms with van der Waals surface area (Å²) in [6.07, 6.45) is 1.13. The summed E-state index contributed by atoms with van der Waals surface area (Å²) in [6.45, 7) is 14.1. The molecule has 0 aliphatic carbocycles. The molecule has 0 saturated heterocycles. The minimum atomic E-state index is 0.742. The maximum absolute atomic E-state index is 4.07. The van der Waals surface area contributed by atoms with Crippen molar-refractivity contribution < 1.29 is 0 Å². The molecular weight excluding hydrogens is 146 g/mol. The van der Waals surface area contributed by atoms with Gasteiger partial charge in [0.05, 0.1) is 0 Å². The van der Waals surface area contributed by atoms with Crippen LogP contribution in [-0.2, 0) is 0 Å². The zero-order valence-electron chi connectivity index (χ0n) is 9.22. The molecule has 12 heavy (non-hydrogen) atoms. The Morgan fingerprint density at radius 2 is 1.83 bits per heavy atom. The Balaban J connectivity index is 3.84. The molecule has 1 heteroatoms. The first-order chi connectivity index (χ1) is 5.49. The van der Waals surface area contributed by atoms with Gasteiger partial charge in [-0.15, -0.1) is 0 Å². The van der Waals surface area contributed by atoms with Gasteiger partial charge in [-0.3, -0.25) is 0 Å². The highest BCUT2D eigenvalue weighted by Gasteiger charge is 2.10. The van der Waals surface area contributed by atoms with Crippen LogP contribution >= 0.6 is 0 Å². The van der Waals surface area contributed by atoms with Crippen LogP contribution in [-0.4, -0.2) is 18.5 Å². The fourth-order valence-corrected chi connectivity index (χ4v) is 0.987. The Labute approximate surface area is 77.5 Å². The second-order valence-electron chi connectivity index (χ2n) is 4.01. The summed E-state index contributed by atoms with van der Waals surface area (Å²) in [4.78, 5) is 2.22. The van der Waals surface area contributed by atoms with Crippen LogP contribution < -0.4 is 0 Å². The molecule has 0 aromatic carbocycles. The highest BCUT2D eigenvalue weighted by molar-refractivity contribution is 4.93. The maximum Gasteiger partial charge on any atom is 0.0143 e. The van der Waals surface area contributed by atoms with Crippen molar-refractivity contribution in [1.29, 1.82) is 0 Å². The molecular formula is C11H23N. The molecule has 0 heterocycles. The highest BCUT2D eigenvalue weighted by Crippen LogP contribution is 2.19. The average molecular weight is 169 g/mol. The lowest BCUT2D eigenvalue weighted by Crippen LogP contribution is -2.19. The molecule has 72 valence electrons. The maximum atomic E-state index is 4.07. The summed E-state index contributed by atoms with van der Waals surface area (Å²) >= 11 is 0. The third kappa shape index (κ3) is 3.80. The average Bonchev–Trinajstić information content (AvgIpc) is 2.02. The molecule has 1 atom stereocenters. The van der Waals surface area contributed by atoms with Crippen LogP contribution in [0.3, 0.4) is 0 Å². The summed E-state index contributed by atoms with van der Waals surface area (Å²) < 4.78 is 0. The van der Waals surface area contributed by atoms with Crippen molar-refractivity contribution in [2.75, 3.05) is 13.6 Å². The van der Waals surface area contributed by atoms with Crippen molar-refractivity contribution in [2.45, 2.75) is 34.1 Å². The van der Waals surface area contributed by atoms with Gasteiger partial charge in [0.2, 0.25) is 0 Å². The molecule has 0 saturated carbocycles. The Kier molecular flexibility index (Phi) is 5.03. The molecule has 0 bridgehead atoms. The zero-order valence-corrected chi connectivity index (χ0v) is 9.22. The number of allylic oxidation sites excluding steroid dienone is 1. The summed E-state index contributed by atoms with van der Waals surface area (Å²) in [5.41, 5.74) is 1.26. The van der Waals surface area contributed by atoms with Gasteiger partial charge in [-0.25, -0.2) is 0 Å². The zero-order chi connectivity index (χ0) is 9.72. The van der Waals surface area contributed by atoms with E-state index in [0.29, 0.717) is 0 Å². The van der Waals surface area contributed by atoms with Crippen LogP contribution in [0.15, 0.2) is 12.3 Å². The van der Waals surface area contributed by atoms with Crippen LogP contribution in [0.4, 0.5) is 0 Å². The van der Waals surface area contributed by atoms with E-state index in [1.807, 2.05) is 0 Å². The molecule has 1 unspecified atom stereocenters. The first-order valence-electron chi connectivity index (χ1n) is 4.87. The van der Waals surface area contributed by atoms with E-state index in [-0.39, 0.29) is 0 Å². The molecule has 0 radical (unpaired) electrons. The van der Waals surface area contributed by atoms with Crippen molar-refractivity contribution in [1.82, 2.24) is 4.90 Å². The summed E-state index contributed by atoms with van der Waals surface area (Å²) in [5.74, 6) is 1.50. The number of rotatable bonds is 5. The molecule has 1 nitrogen and oxygen atoms in total. The Bertz CT molecular complexity index is 138. The smallest absolute Gasteiger partial charge is 0.0143 e. The predicted octanol–water partition coefficient (Wildman–Crippen LogP) is 3.13. The second-order valence-corrected chi connectivity index (χ2v) is 4.01. The van der Waals surface area contributed by atoms with Crippen LogP contribution in [0, 0.1) is 11.8 Å². The van der Waals surface area contributed by atoms with E-state index in [1.54, 1.807) is 0 Å². The number of hydrogen-bond donors (Lipinski definition) is 0. The predicted molar refractivity (Wildman–Crippen MR) is 56.1 cm³/mol. The van der Waals surface area contributed by atoms with Gasteiger partial charge in [-0.05, 0) is 25.2 Å². The first-order valence-corrected chi connectivity index (χ1v) is 4.87. The van der Waals surface area contributed by atoms with Crippen LogP contribution in [0.25, 0.3) is 0 Å². The molecule has 0 fully saturated rings. The van der Waals surface area contributed by atoms with Crippen LogP contribution in [0.1, 0.15) is 34.1 Å². The Morgan fingerprint density at radius 3 is 2.17 bits per heavy atom. The van der Waals surface area contributed by atoms with Crippen LogP contribution in [0.5, 0.6) is 0 Å². The standard InChI is InChI=1S/C11H23N/c1-7-12(6)11(5)8-10(4)9(2)3/h9-10H,5,7-8H2,1-4,6H3. The third-order valence-corrected chi connectivity index (χ3v) is 2.71. The van der Waals surface area contributed by atoms with Gasteiger partial charge in [0.25, 0.3) is 0 Å². The lowest BCUT2D eigenvalue weighted by molar-refractivity contribution is 0.351. The van der Waals surface area contributed by atoms with Gasteiger partial charge in [-0.1, -0.05) is 27.4 Å². The van der Waals surface area contributed by atoms with Gasteiger partial charge in [-0.2, -0.15) is 0 Å². The third-order valence-electron chi connectivity index (χ3n) is 2.71. The fraction of sp³-hybridized carbons (Fsp3) is 0.818. The van der Waals surface area contributed by atoms with Gasteiger partial charge in [0.15, 0.2) is 0 Å². The minimum Gasteiger partial charge on any atom is -0.379 e. The monoisotopic (exact) mass is 169 g/mol. The molecule has 0 spiro atoms. The number of nitrogens with zero attached hydrogens (tertiary/aromatic N) is 1. The van der Waals surface area contributed by atoms with E-state index in [0.717, 1.165) is 24.8 Å². The van der Waals surface area contributed by atoms with E-state index >= 15 is 0 Å². The summed E-state index contributed by atoms with van der Waals surface area (Å²) in [6, 6.07) is 0. The van der Waals surface area contributed by atoms with Crippen molar-refractivity contribution in [3.05, 3.63) is 12.3 Å². The fourth-order valence-electron chi connectivity index (χ4n) is 0.987. The molecule has 0 N–H and O–H groups in total. The molecule has 0 aromatic rings. The van der Waals surface area contributed by atoms with E-state index < -0.39 is 0 Å². The van der Waals surface area contributed by atoms with Gasteiger partial charge in [0.1, 0.15) is 0 Å². The van der Waals surface area contributed by atoms with Crippen LogP contribution in [0.2, 0.25) is 0 Å².